The molecule has 0 saturated carbocycles. The molecule has 2 aromatic rings. The highest BCUT2D eigenvalue weighted by Gasteiger charge is 2.45. The predicted molar refractivity (Wildman–Crippen MR) is 131 cm³/mol. The number of nitrogens with zero attached hydrogens (tertiary/aromatic N) is 2. The number of likely N-dealkylation sites (tertiary alicyclic amines) is 1. The largest absolute Gasteiger partial charge is 0.492 e. The number of quaternary nitrogens is 1. The van der Waals surface area contributed by atoms with Gasteiger partial charge in [-0.05, 0) is 38.1 Å². The number of halogens is 3. The van der Waals surface area contributed by atoms with Crippen LogP contribution in [-0.2, 0) is 10.9 Å². The number of fused-ring (bicyclic) bond motifs is 2. The third kappa shape index (κ3) is 4.08. The maximum atomic E-state index is 13.3. The van der Waals surface area contributed by atoms with Gasteiger partial charge in [-0.3, -0.25) is 4.90 Å². The van der Waals surface area contributed by atoms with Gasteiger partial charge >= 0.3 is 6.18 Å². The molecule has 1 unspecified atom stereocenters. The van der Waals surface area contributed by atoms with E-state index in [4.69, 9.17) is 14.9 Å². The fourth-order valence-corrected chi connectivity index (χ4v) is 6.72. The highest BCUT2D eigenvalue weighted by atomic mass is 28.2. The lowest BCUT2D eigenvalue weighted by Crippen LogP contribution is -2.60. The van der Waals surface area contributed by atoms with E-state index in [1.54, 1.807) is 7.11 Å². The lowest BCUT2D eigenvalue weighted by molar-refractivity contribution is -0.140. The lowest BCUT2D eigenvalue weighted by atomic mass is 9.83. The van der Waals surface area contributed by atoms with Gasteiger partial charge < -0.3 is 19.8 Å². The fourth-order valence-electron chi connectivity index (χ4n) is 5.07. The molecule has 35 heavy (non-hydrogen) atoms. The molecule has 1 fully saturated rings. The molecule has 7 nitrogen and oxygen atoms in total. The third-order valence-corrected chi connectivity index (χ3v) is 9.39. The zero-order chi connectivity index (χ0) is 25.2. The van der Waals surface area contributed by atoms with E-state index < -0.39 is 11.9 Å². The van der Waals surface area contributed by atoms with Crippen molar-refractivity contribution in [3.05, 3.63) is 35.5 Å². The number of aromatic amines is 1. The molecule has 4 heterocycles. The zero-order valence-corrected chi connectivity index (χ0v) is 21.3. The summed E-state index contributed by atoms with van der Waals surface area (Å²) < 4.78 is 51.8. The molecule has 2 atom stereocenters. The maximum Gasteiger partial charge on any atom is 0.431 e. The molecule has 3 aliphatic rings. The van der Waals surface area contributed by atoms with Crippen LogP contribution in [0, 0.1) is 11.3 Å². The van der Waals surface area contributed by atoms with Crippen molar-refractivity contribution in [1.82, 2.24) is 14.4 Å². The molecule has 3 N–H and O–H groups in total. The first-order valence-electron chi connectivity index (χ1n) is 11.7. The van der Waals surface area contributed by atoms with Gasteiger partial charge in [0.05, 0.1) is 27.7 Å². The van der Waals surface area contributed by atoms with Crippen molar-refractivity contribution in [1.29, 1.82) is 5.41 Å². The maximum absolute atomic E-state index is 13.3. The third-order valence-electron chi connectivity index (χ3n) is 7.86. The summed E-state index contributed by atoms with van der Waals surface area (Å²) in [6.07, 6.45) is -4.49. The topological polar surface area (TPSA) is 73.4 Å². The number of aromatic nitrogens is 1. The second-order valence-corrected chi connectivity index (χ2v) is 11.6. The van der Waals surface area contributed by atoms with Crippen molar-refractivity contribution in [2.24, 2.45) is 5.92 Å². The summed E-state index contributed by atoms with van der Waals surface area (Å²) in [4.78, 5) is 4.84. The number of amidine groups is 1. The molecule has 1 aromatic carbocycles. The van der Waals surface area contributed by atoms with Gasteiger partial charge in [0.2, 0.25) is 5.84 Å². The van der Waals surface area contributed by atoms with Crippen LogP contribution in [0.3, 0.4) is 0 Å². The van der Waals surface area contributed by atoms with Crippen molar-refractivity contribution in [2.75, 3.05) is 45.8 Å². The Morgan fingerprint density at radius 3 is 2.69 bits per heavy atom. The van der Waals surface area contributed by atoms with E-state index in [-0.39, 0.29) is 34.0 Å². The Balaban J connectivity index is 1.37. The van der Waals surface area contributed by atoms with Crippen LogP contribution in [-0.4, -0.2) is 77.4 Å². The van der Waals surface area contributed by atoms with Crippen molar-refractivity contribution in [3.8, 4) is 5.75 Å². The molecule has 0 bridgehead atoms. The van der Waals surface area contributed by atoms with Crippen LogP contribution in [0.15, 0.2) is 24.3 Å². The number of hydrogen-bond donors (Lipinski definition) is 3. The second kappa shape index (κ2) is 8.36. The summed E-state index contributed by atoms with van der Waals surface area (Å²) in [6.45, 7) is 7.07. The van der Waals surface area contributed by atoms with Crippen LogP contribution in [0.1, 0.15) is 25.1 Å². The van der Waals surface area contributed by atoms with Crippen LogP contribution in [0.5, 0.6) is 5.75 Å². The van der Waals surface area contributed by atoms with Crippen LogP contribution in [0.2, 0.25) is 6.04 Å². The Bertz CT molecular complexity index is 1140. The zero-order valence-electron chi connectivity index (χ0n) is 20.3. The van der Waals surface area contributed by atoms with Crippen LogP contribution in [0.25, 0.3) is 0 Å². The Kier molecular flexibility index (Phi) is 5.82. The van der Waals surface area contributed by atoms with Gasteiger partial charge in [-0.15, -0.1) is 0 Å². The standard InChI is InChI=1S/C24H31F3N5O2Si/c1-23(2,33-4)14-9-31(10-14)15-11-34-18-7-5-6-17(20(18)35-12-15)32(3)13-29-22-16(21(32)28)8-19(30-22)24(25,26)27/h5-8,14-15,28-30H,9-13H2,1-4H3/q+1/t15-,32?/m0/s1. The summed E-state index contributed by atoms with van der Waals surface area (Å²) in [5, 5.41) is 13.0. The van der Waals surface area contributed by atoms with Gasteiger partial charge in [-0.1, -0.05) is 6.07 Å². The number of rotatable bonds is 4. The summed E-state index contributed by atoms with van der Waals surface area (Å²) in [7, 11) is 4.10. The molecule has 1 aromatic heterocycles. The molecule has 188 valence electrons. The molecular weight excluding hydrogens is 475 g/mol. The van der Waals surface area contributed by atoms with E-state index in [0.29, 0.717) is 28.1 Å². The number of hydrogen-bond acceptors (Lipinski definition) is 5. The van der Waals surface area contributed by atoms with Crippen molar-refractivity contribution in [2.45, 2.75) is 37.7 Å². The molecule has 2 radical (unpaired) electrons. The van der Waals surface area contributed by atoms with Crippen LogP contribution in [0.4, 0.5) is 24.7 Å². The van der Waals surface area contributed by atoms with E-state index in [2.05, 4.69) is 29.0 Å². The van der Waals surface area contributed by atoms with E-state index in [0.717, 1.165) is 41.8 Å². The second-order valence-electron chi connectivity index (χ2n) is 10.3. The minimum Gasteiger partial charge on any atom is -0.492 e. The highest BCUT2D eigenvalue weighted by Crippen LogP contribution is 2.38. The van der Waals surface area contributed by atoms with Crippen LogP contribution < -0.4 is 19.7 Å². The van der Waals surface area contributed by atoms with Crippen molar-refractivity contribution < 1.29 is 22.6 Å². The van der Waals surface area contributed by atoms with E-state index in [1.165, 1.54) is 0 Å². The number of nitrogens with one attached hydrogen (secondary N) is 3. The highest BCUT2D eigenvalue weighted by molar-refractivity contribution is 6.57. The van der Waals surface area contributed by atoms with Gasteiger partial charge in [0, 0.05) is 37.3 Å². The van der Waals surface area contributed by atoms with Gasteiger partial charge in [0.25, 0.3) is 0 Å². The number of ether oxygens (including phenoxy) is 2. The fraction of sp³-hybridized carbons (Fsp3) is 0.542. The quantitative estimate of drug-likeness (QED) is 0.440. The average molecular weight is 507 g/mol. The molecule has 0 amide bonds. The number of H-pyrrole nitrogens is 1. The number of methoxy groups -OCH3 is 1. The molecule has 1 saturated heterocycles. The summed E-state index contributed by atoms with van der Waals surface area (Å²) in [5.74, 6) is 1.65. The monoisotopic (exact) mass is 506 g/mol. The normalized spacial score (nSPS) is 25.7. The van der Waals surface area contributed by atoms with E-state index >= 15 is 0 Å². The first kappa shape index (κ1) is 24.4. The molecular formula is C24H31F3N5O2Si+. The lowest BCUT2D eigenvalue weighted by Gasteiger charge is -2.49. The Morgan fingerprint density at radius 2 is 2.00 bits per heavy atom. The van der Waals surface area contributed by atoms with Crippen molar-refractivity contribution >= 4 is 32.0 Å². The Hall–Kier alpha value is -2.34. The first-order valence-corrected chi connectivity index (χ1v) is 12.9. The smallest absolute Gasteiger partial charge is 0.431 e. The first-order chi connectivity index (χ1) is 16.4. The van der Waals surface area contributed by atoms with Crippen LogP contribution >= 0.6 is 0 Å². The number of alkyl halides is 3. The summed E-state index contributed by atoms with van der Waals surface area (Å²) >= 11 is 0. The Morgan fingerprint density at radius 1 is 1.26 bits per heavy atom. The molecule has 0 aliphatic carbocycles. The summed E-state index contributed by atoms with van der Waals surface area (Å²) in [6, 6.07) is 8.10. The van der Waals surface area contributed by atoms with Gasteiger partial charge in [0.15, 0.2) is 6.67 Å². The van der Waals surface area contributed by atoms with Gasteiger partial charge in [0.1, 0.15) is 29.6 Å². The number of benzene rings is 1. The molecule has 0 spiro atoms. The average Bonchev–Trinajstić information content (AvgIpc) is 3.12. The minimum atomic E-state index is -4.49. The SMILES string of the molecule is COC(C)(C)C1CN([C@H]2COc3cccc([N+]4(C)CNc5[nH]c(C(F)(F)F)cc5C4=N)c3[Si]C2)C1. The van der Waals surface area contributed by atoms with Crippen molar-refractivity contribution in [3.63, 3.8) is 0 Å². The van der Waals surface area contributed by atoms with Gasteiger partial charge in [-0.25, -0.2) is 9.89 Å². The number of anilines is 1. The van der Waals surface area contributed by atoms with Gasteiger partial charge in [-0.2, -0.15) is 13.2 Å². The molecule has 11 heteroatoms. The van der Waals surface area contributed by atoms with E-state index in [9.17, 15) is 13.2 Å². The summed E-state index contributed by atoms with van der Waals surface area (Å²) in [5.41, 5.74) is 0.134. The Labute approximate surface area is 205 Å². The minimum absolute atomic E-state index is 0.0557. The molecule has 5 rings (SSSR count). The predicted octanol–water partition coefficient (Wildman–Crippen LogP) is 3.24. The molecule has 3 aliphatic heterocycles. The van der Waals surface area contributed by atoms with E-state index in [1.807, 2.05) is 25.2 Å².